The molecule has 2 atom stereocenters. The van der Waals surface area contributed by atoms with Crippen molar-refractivity contribution in [2.45, 2.75) is 25.5 Å². The van der Waals surface area contributed by atoms with Crippen molar-refractivity contribution in [1.29, 1.82) is 0 Å². The number of methoxy groups -OCH3 is 2. The topological polar surface area (TPSA) is 71.0 Å². The number of carbonyl (C=O) groups excluding carboxylic acids is 1. The highest BCUT2D eigenvalue weighted by atomic mass is 16.5. The Labute approximate surface area is 136 Å². The number of piperidine rings is 1. The summed E-state index contributed by atoms with van der Waals surface area (Å²) in [6, 6.07) is 3.62. The van der Waals surface area contributed by atoms with Crippen molar-refractivity contribution in [3.05, 3.63) is 23.3 Å². The predicted octanol–water partition coefficient (Wildman–Crippen LogP) is 1.08. The van der Waals surface area contributed by atoms with Gasteiger partial charge in [-0.05, 0) is 31.5 Å². The number of fused-ring (bicyclic) bond motifs is 1. The van der Waals surface area contributed by atoms with Gasteiger partial charge in [0.25, 0.3) is 0 Å². The average Bonchev–Trinajstić information content (AvgIpc) is 2.60. The monoisotopic (exact) mass is 320 g/mol. The van der Waals surface area contributed by atoms with Gasteiger partial charge in [-0.3, -0.25) is 4.79 Å². The fourth-order valence-electron chi connectivity index (χ4n) is 3.56. The van der Waals surface area contributed by atoms with Gasteiger partial charge in [-0.2, -0.15) is 0 Å². The minimum Gasteiger partial charge on any atom is -0.496 e. The molecule has 2 aliphatic heterocycles. The number of benzene rings is 1. The van der Waals surface area contributed by atoms with Crippen molar-refractivity contribution in [3.63, 3.8) is 0 Å². The van der Waals surface area contributed by atoms with E-state index in [0.29, 0.717) is 31.1 Å². The molecule has 1 aromatic rings. The van der Waals surface area contributed by atoms with Crippen LogP contribution in [-0.2, 0) is 11.3 Å². The lowest BCUT2D eigenvalue weighted by atomic mass is 9.92. The molecule has 2 heterocycles. The van der Waals surface area contributed by atoms with E-state index in [1.165, 1.54) is 0 Å². The van der Waals surface area contributed by atoms with E-state index in [9.17, 15) is 9.90 Å². The molecule has 0 aliphatic carbocycles. The molecule has 0 radical (unpaired) electrons. The first-order valence-corrected chi connectivity index (χ1v) is 8.07. The van der Waals surface area contributed by atoms with Gasteiger partial charge in [0, 0.05) is 24.2 Å². The maximum absolute atomic E-state index is 12.8. The van der Waals surface area contributed by atoms with E-state index in [4.69, 9.17) is 9.47 Å². The molecule has 6 heteroatoms. The lowest BCUT2D eigenvalue weighted by Crippen LogP contribution is -2.46. The second-order valence-corrected chi connectivity index (χ2v) is 6.14. The number of nitrogens with zero attached hydrogens (tertiary/aromatic N) is 1. The summed E-state index contributed by atoms with van der Waals surface area (Å²) in [4.78, 5) is 14.5. The van der Waals surface area contributed by atoms with Gasteiger partial charge < -0.3 is 24.8 Å². The minimum absolute atomic E-state index is 0.00546. The second kappa shape index (κ2) is 6.76. The summed E-state index contributed by atoms with van der Waals surface area (Å²) in [7, 11) is 3.18. The van der Waals surface area contributed by atoms with Crippen LogP contribution < -0.4 is 14.8 Å². The first-order chi connectivity index (χ1) is 11.2. The van der Waals surface area contributed by atoms with E-state index in [1.54, 1.807) is 25.2 Å². The van der Waals surface area contributed by atoms with Gasteiger partial charge in [0.2, 0.25) is 5.91 Å². The van der Waals surface area contributed by atoms with E-state index in [1.807, 2.05) is 6.07 Å². The third-order valence-electron chi connectivity index (χ3n) is 4.75. The first kappa shape index (κ1) is 16.1. The number of nitrogens with one attached hydrogen (secondary N) is 1. The third kappa shape index (κ3) is 3.01. The molecule has 3 rings (SSSR count). The summed E-state index contributed by atoms with van der Waals surface area (Å²) >= 11 is 0. The number of rotatable bonds is 3. The van der Waals surface area contributed by atoms with Crippen LogP contribution in [-0.4, -0.2) is 49.8 Å². The predicted molar refractivity (Wildman–Crippen MR) is 85.5 cm³/mol. The van der Waals surface area contributed by atoms with Crippen molar-refractivity contribution >= 4 is 5.91 Å². The summed E-state index contributed by atoms with van der Waals surface area (Å²) in [6.07, 6.45) is 1.16. The Bertz CT molecular complexity index is 584. The van der Waals surface area contributed by atoms with Crippen LogP contribution in [0.1, 0.15) is 30.1 Å². The van der Waals surface area contributed by atoms with Crippen LogP contribution in [0.15, 0.2) is 12.1 Å². The number of aliphatic hydroxyl groups is 1. The van der Waals surface area contributed by atoms with Gasteiger partial charge >= 0.3 is 0 Å². The minimum atomic E-state index is -0.760. The van der Waals surface area contributed by atoms with Gasteiger partial charge in [-0.15, -0.1) is 0 Å². The molecular weight excluding hydrogens is 296 g/mol. The van der Waals surface area contributed by atoms with E-state index in [-0.39, 0.29) is 11.8 Å². The van der Waals surface area contributed by atoms with Crippen LogP contribution in [0.25, 0.3) is 0 Å². The van der Waals surface area contributed by atoms with Crippen LogP contribution in [0.2, 0.25) is 0 Å². The van der Waals surface area contributed by atoms with Crippen molar-refractivity contribution < 1.29 is 19.4 Å². The van der Waals surface area contributed by atoms with E-state index in [0.717, 1.165) is 30.5 Å². The molecule has 23 heavy (non-hydrogen) atoms. The summed E-state index contributed by atoms with van der Waals surface area (Å²) < 4.78 is 10.8. The zero-order valence-corrected chi connectivity index (χ0v) is 13.7. The van der Waals surface area contributed by atoms with Crippen LogP contribution in [0.4, 0.5) is 0 Å². The molecule has 6 nitrogen and oxygen atoms in total. The smallest absolute Gasteiger partial charge is 0.227 e. The molecule has 1 fully saturated rings. The van der Waals surface area contributed by atoms with Crippen molar-refractivity contribution in [1.82, 2.24) is 10.2 Å². The molecule has 0 bridgehead atoms. The van der Waals surface area contributed by atoms with E-state index >= 15 is 0 Å². The number of hydrogen-bond acceptors (Lipinski definition) is 5. The number of carbonyl (C=O) groups is 1. The zero-order chi connectivity index (χ0) is 16.4. The van der Waals surface area contributed by atoms with Crippen LogP contribution in [0, 0.1) is 5.92 Å². The van der Waals surface area contributed by atoms with Crippen molar-refractivity contribution in [2.75, 3.05) is 33.9 Å². The maximum Gasteiger partial charge on any atom is 0.227 e. The lowest BCUT2D eigenvalue weighted by Gasteiger charge is -2.36. The molecular formula is C17H24N2O4. The normalized spacial score (nSPS) is 24.0. The van der Waals surface area contributed by atoms with Gasteiger partial charge in [0.1, 0.15) is 17.6 Å². The number of β-amino-alcohol motifs (C(OH)–C–C–N with tert-alkyl or cyclic N) is 1. The van der Waals surface area contributed by atoms with Gasteiger partial charge in [0.05, 0.1) is 26.7 Å². The molecule has 126 valence electrons. The molecule has 1 aromatic carbocycles. The molecule has 2 N–H and O–H groups in total. The first-order valence-electron chi connectivity index (χ1n) is 8.07. The van der Waals surface area contributed by atoms with Gasteiger partial charge in [0.15, 0.2) is 0 Å². The second-order valence-electron chi connectivity index (χ2n) is 6.14. The molecule has 2 aliphatic rings. The van der Waals surface area contributed by atoms with Crippen molar-refractivity contribution in [3.8, 4) is 11.5 Å². The van der Waals surface area contributed by atoms with Crippen LogP contribution in [0.5, 0.6) is 11.5 Å². The number of ether oxygens (including phenoxy) is 2. The highest BCUT2D eigenvalue weighted by Gasteiger charge is 2.34. The maximum atomic E-state index is 12.8. The largest absolute Gasteiger partial charge is 0.496 e. The van der Waals surface area contributed by atoms with Crippen LogP contribution in [0.3, 0.4) is 0 Å². The fourth-order valence-corrected chi connectivity index (χ4v) is 3.56. The average molecular weight is 320 g/mol. The SMILES string of the molecule is COc1ccc(OC)c2c1CN(C(=O)C1CCCNC1)CC2O. The van der Waals surface area contributed by atoms with Gasteiger partial charge in [-0.1, -0.05) is 0 Å². The van der Waals surface area contributed by atoms with Crippen LogP contribution >= 0.6 is 0 Å². The van der Waals surface area contributed by atoms with E-state index in [2.05, 4.69) is 5.32 Å². The molecule has 0 aromatic heterocycles. The zero-order valence-electron chi connectivity index (χ0n) is 13.7. The summed E-state index contributed by atoms with van der Waals surface area (Å²) in [6.45, 7) is 2.43. The standard InChI is InChI=1S/C17H24N2O4/c1-22-14-5-6-15(23-2)16-12(14)9-19(10-13(16)20)17(21)11-4-3-7-18-8-11/h5-6,11,13,18,20H,3-4,7-10H2,1-2H3. The quantitative estimate of drug-likeness (QED) is 0.872. The lowest BCUT2D eigenvalue weighted by molar-refractivity contribution is -0.139. The molecule has 1 amide bonds. The summed E-state index contributed by atoms with van der Waals surface area (Å²) in [5.41, 5.74) is 1.57. The summed E-state index contributed by atoms with van der Waals surface area (Å²) in [5.74, 6) is 1.42. The number of hydrogen-bond donors (Lipinski definition) is 2. The fraction of sp³-hybridized carbons (Fsp3) is 0.588. The highest BCUT2D eigenvalue weighted by molar-refractivity contribution is 5.80. The van der Waals surface area contributed by atoms with E-state index < -0.39 is 6.10 Å². The summed E-state index contributed by atoms with van der Waals surface area (Å²) in [5, 5.41) is 13.8. The Morgan fingerprint density at radius 2 is 2.04 bits per heavy atom. The highest BCUT2D eigenvalue weighted by Crippen LogP contribution is 2.39. The Morgan fingerprint density at radius 3 is 2.70 bits per heavy atom. The Kier molecular flexibility index (Phi) is 4.73. The van der Waals surface area contributed by atoms with Crippen molar-refractivity contribution in [2.24, 2.45) is 5.92 Å². The molecule has 2 unspecified atom stereocenters. The third-order valence-corrected chi connectivity index (χ3v) is 4.75. The number of aliphatic hydroxyl groups excluding tert-OH is 1. The molecule has 0 saturated carbocycles. The Balaban J connectivity index is 1.88. The Morgan fingerprint density at radius 1 is 1.30 bits per heavy atom. The number of amides is 1. The molecule has 0 spiro atoms. The molecule has 1 saturated heterocycles. The van der Waals surface area contributed by atoms with Gasteiger partial charge in [-0.25, -0.2) is 0 Å². The Hall–Kier alpha value is -1.79.